The summed E-state index contributed by atoms with van der Waals surface area (Å²) in [6.07, 6.45) is 3.34. The number of hydrogen-bond acceptors (Lipinski definition) is 5. The monoisotopic (exact) mass is 473 g/mol. The summed E-state index contributed by atoms with van der Waals surface area (Å²) in [6, 6.07) is 18.3. The van der Waals surface area contributed by atoms with Gasteiger partial charge in [-0.1, -0.05) is 41.6 Å². The molecule has 4 rings (SSSR count). The number of anilines is 1. The highest BCUT2D eigenvalue weighted by Crippen LogP contribution is 2.33. The summed E-state index contributed by atoms with van der Waals surface area (Å²) >= 11 is 0. The molecule has 2 aromatic carbocycles. The molecule has 1 aliphatic heterocycles. The van der Waals surface area contributed by atoms with Crippen LogP contribution in [0.15, 0.2) is 70.7 Å². The number of rotatable bonds is 7. The van der Waals surface area contributed by atoms with Crippen molar-refractivity contribution in [2.24, 2.45) is 11.1 Å². The summed E-state index contributed by atoms with van der Waals surface area (Å²) in [4.78, 5) is 28.0. The zero-order valence-corrected chi connectivity index (χ0v) is 20.1. The normalized spacial score (nSPS) is 15.7. The Balaban J connectivity index is 1.62. The first kappa shape index (κ1) is 24.3. The average Bonchev–Trinajstić information content (AvgIpc) is 2.87. The van der Waals surface area contributed by atoms with Crippen LogP contribution in [0, 0.1) is 19.8 Å². The Hall–Kier alpha value is -3.87. The lowest BCUT2D eigenvalue weighted by Gasteiger charge is -2.32. The molecule has 1 atom stereocenters. The van der Waals surface area contributed by atoms with Gasteiger partial charge < -0.3 is 20.2 Å². The van der Waals surface area contributed by atoms with Crippen molar-refractivity contribution >= 4 is 17.4 Å². The number of aromatic amines is 1. The zero-order chi connectivity index (χ0) is 24.9. The summed E-state index contributed by atoms with van der Waals surface area (Å²) in [7, 11) is 0. The second kappa shape index (κ2) is 10.6. The van der Waals surface area contributed by atoms with Crippen LogP contribution in [0.1, 0.15) is 53.0 Å². The number of piperidine rings is 1. The molecule has 35 heavy (non-hydrogen) atoms. The smallest absolute Gasteiger partial charge is 0.306 e. The molecule has 7 heteroatoms. The molecule has 0 saturated carbocycles. The van der Waals surface area contributed by atoms with Crippen LogP contribution >= 0.6 is 0 Å². The number of oxime groups is 1. The summed E-state index contributed by atoms with van der Waals surface area (Å²) in [5.74, 6) is -1.02. The Morgan fingerprint density at radius 3 is 2.37 bits per heavy atom. The Labute approximate surface area is 204 Å². The van der Waals surface area contributed by atoms with Gasteiger partial charge in [0.15, 0.2) is 0 Å². The largest absolute Gasteiger partial charge is 0.481 e. The van der Waals surface area contributed by atoms with Gasteiger partial charge in [0, 0.05) is 48.4 Å². The second-order valence-corrected chi connectivity index (χ2v) is 9.25. The Kier molecular flexibility index (Phi) is 7.34. The molecule has 0 spiro atoms. The van der Waals surface area contributed by atoms with E-state index in [1.165, 1.54) is 0 Å². The highest BCUT2D eigenvalue weighted by atomic mass is 16.4. The van der Waals surface area contributed by atoms with E-state index in [4.69, 9.17) is 0 Å². The van der Waals surface area contributed by atoms with Crippen LogP contribution < -0.4 is 10.5 Å². The third-order valence-electron chi connectivity index (χ3n) is 7.01. The molecule has 0 unspecified atom stereocenters. The number of carboxylic acids is 1. The van der Waals surface area contributed by atoms with E-state index in [1.54, 1.807) is 19.2 Å². The molecular weight excluding hydrogens is 442 g/mol. The minimum atomic E-state index is -0.708. The highest BCUT2D eigenvalue weighted by Gasteiger charge is 2.25. The number of carboxylic acid groups (broad SMARTS) is 1. The molecule has 1 saturated heterocycles. The SMILES string of the molecule is Cc1ccccc1[C@H](C/C(=N\O)c1c[nH]c(=O)c(C)c1)c1ccc(N2CCC(C(=O)O)CC2)cc1. The predicted molar refractivity (Wildman–Crippen MR) is 137 cm³/mol. The molecule has 1 fully saturated rings. The molecule has 7 nitrogen and oxygen atoms in total. The number of H-pyrrole nitrogens is 1. The van der Waals surface area contributed by atoms with E-state index < -0.39 is 5.97 Å². The summed E-state index contributed by atoms with van der Waals surface area (Å²) in [6.45, 7) is 5.26. The lowest BCUT2D eigenvalue weighted by Crippen LogP contribution is -2.36. The van der Waals surface area contributed by atoms with Crippen LogP contribution in [0.25, 0.3) is 0 Å². The van der Waals surface area contributed by atoms with Gasteiger partial charge in [-0.25, -0.2) is 0 Å². The molecule has 1 aliphatic rings. The quantitative estimate of drug-likeness (QED) is 0.262. The molecule has 0 radical (unpaired) electrons. The number of aliphatic carboxylic acids is 1. The standard InChI is InChI=1S/C28H31N3O4/c1-18-5-3-4-6-24(18)25(16-26(30-35)22-15-19(2)27(32)29-17-22)20-7-9-23(10-8-20)31-13-11-21(12-14-31)28(33)34/h3-10,15,17,21,25,35H,11-14,16H2,1-2H3,(H,29,32)(H,33,34)/b30-26+/t25-/m1/s1. The maximum absolute atomic E-state index is 11.8. The predicted octanol–water partition coefficient (Wildman–Crippen LogP) is 4.69. The van der Waals surface area contributed by atoms with Crippen molar-refractivity contribution in [2.45, 2.75) is 39.0 Å². The van der Waals surface area contributed by atoms with Crippen LogP contribution in [-0.4, -0.2) is 40.1 Å². The Morgan fingerprint density at radius 2 is 1.77 bits per heavy atom. The molecule has 0 bridgehead atoms. The number of nitrogens with zero attached hydrogens (tertiary/aromatic N) is 2. The van der Waals surface area contributed by atoms with Gasteiger partial charge in [0.2, 0.25) is 0 Å². The van der Waals surface area contributed by atoms with E-state index in [-0.39, 0.29) is 17.4 Å². The van der Waals surface area contributed by atoms with Crippen molar-refractivity contribution in [3.63, 3.8) is 0 Å². The van der Waals surface area contributed by atoms with E-state index in [1.807, 2.05) is 12.1 Å². The van der Waals surface area contributed by atoms with E-state index in [9.17, 15) is 19.9 Å². The lowest BCUT2D eigenvalue weighted by molar-refractivity contribution is -0.142. The van der Waals surface area contributed by atoms with E-state index in [0.717, 1.165) is 35.5 Å². The number of carbonyl (C=O) groups is 1. The van der Waals surface area contributed by atoms with Crippen LogP contribution in [0.2, 0.25) is 0 Å². The fourth-order valence-electron chi connectivity index (χ4n) is 4.86. The highest BCUT2D eigenvalue weighted by molar-refractivity contribution is 6.00. The lowest BCUT2D eigenvalue weighted by atomic mass is 9.83. The Bertz CT molecular complexity index is 1270. The minimum Gasteiger partial charge on any atom is -0.481 e. The number of pyridine rings is 1. The number of benzene rings is 2. The second-order valence-electron chi connectivity index (χ2n) is 9.25. The third kappa shape index (κ3) is 5.45. The van der Waals surface area contributed by atoms with Crippen molar-refractivity contribution < 1.29 is 15.1 Å². The molecule has 182 valence electrons. The third-order valence-corrected chi connectivity index (χ3v) is 7.01. The Morgan fingerprint density at radius 1 is 1.09 bits per heavy atom. The number of aryl methyl sites for hydroxylation is 2. The molecule has 1 aromatic heterocycles. The number of aromatic nitrogens is 1. The maximum atomic E-state index is 11.8. The maximum Gasteiger partial charge on any atom is 0.306 e. The van der Waals surface area contributed by atoms with E-state index in [2.05, 4.69) is 58.4 Å². The van der Waals surface area contributed by atoms with Gasteiger partial charge in [-0.2, -0.15) is 0 Å². The number of nitrogens with one attached hydrogen (secondary N) is 1. The molecule has 0 aliphatic carbocycles. The van der Waals surface area contributed by atoms with Crippen LogP contribution in [-0.2, 0) is 4.79 Å². The summed E-state index contributed by atoms with van der Waals surface area (Å²) < 4.78 is 0. The first-order valence-electron chi connectivity index (χ1n) is 11.9. The van der Waals surface area contributed by atoms with Gasteiger partial charge in [-0.05, 0) is 61.6 Å². The van der Waals surface area contributed by atoms with Crippen molar-refractivity contribution in [3.8, 4) is 0 Å². The molecular formula is C28H31N3O4. The fourth-order valence-corrected chi connectivity index (χ4v) is 4.86. The van der Waals surface area contributed by atoms with E-state index in [0.29, 0.717) is 36.1 Å². The minimum absolute atomic E-state index is 0.0545. The van der Waals surface area contributed by atoms with Crippen LogP contribution in [0.3, 0.4) is 0 Å². The topological polar surface area (TPSA) is 106 Å². The van der Waals surface area contributed by atoms with Gasteiger partial charge >= 0.3 is 5.97 Å². The zero-order valence-electron chi connectivity index (χ0n) is 20.1. The van der Waals surface area contributed by atoms with Gasteiger partial charge in [-0.3, -0.25) is 9.59 Å². The summed E-state index contributed by atoms with van der Waals surface area (Å²) in [5.41, 5.74) is 6.03. The van der Waals surface area contributed by atoms with Gasteiger partial charge in [0.25, 0.3) is 5.56 Å². The molecule has 0 amide bonds. The van der Waals surface area contributed by atoms with Gasteiger partial charge in [-0.15, -0.1) is 0 Å². The average molecular weight is 474 g/mol. The van der Waals surface area contributed by atoms with Crippen molar-refractivity contribution in [1.29, 1.82) is 0 Å². The van der Waals surface area contributed by atoms with Crippen molar-refractivity contribution in [1.82, 2.24) is 4.98 Å². The van der Waals surface area contributed by atoms with Crippen molar-refractivity contribution in [2.75, 3.05) is 18.0 Å². The van der Waals surface area contributed by atoms with E-state index >= 15 is 0 Å². The van der Waals surface area contributed by atoms with Gasteiger partial charge in [0.1, 0.15) is 0 Å². The first-order chi connectivity index (χ1) is 16.9. The van der Waals surface area contributed by atoms with Crippen LogP contribution in [0.4, 0.5) is 5.69 Å². The first-order valence-corrected chi connectivity index (χ1v) is 11.9. The van der Waals surface area contributed by atoms with Crippen molar-refractivity contribution in [3.05, 3.63) is 99.0 Å². The summed E-state index contributed by atoms with van der Waals surface area (Å²) in [5, 5.41) is 22.7. The van der Waals surface area contributed by atoms with Gasteiger partial charge in [0.05, 0.1) is 11.6 Å². The molecule has 2 heterocycles. The van der Waals surface area contributed by atoms with Crippen LogP contribution in [0.5, 0.6) is 0 Å². The molecule has 3 N–H and O–H groups in total. The number of hydrogen-bond donors (Lipinski definition) is 3. The molecule has 3 aromatic rings. The fraction of sp³-hybridized carbons (Fsp3) is 0.321.